The van der Waals surface area contributed by atoms with Crippen LogP contribution in [-0.4, -0.2) is 30.5 Å². The Morgan fingerprint density at radius 3 is 2.42 bits per heavy atom. The van der Waals surface area contributed by atoms with Crippen molar-refractivity contribution in [2.45, 2.75) is 6.92 Å². The highest BCUT2D eigenvalue weighted by atomic mass is 35.5. The van der Waals surface area contributed by atoms with E-state index in [1.165, 1.54) is 6.21 Å². The van der Waals surface area contributed by atoms with Crippen LogP contribution in [0.25, 0.3) is 10.8 Å². The summed E-state index contributed by atoms with van der Waals surface area (Å²) >= 11 is 6.13. The van der Waals surface area contributed by atoms with Crippen LogP contribution in [0.1, 0.15) is 31.8 Å². The fourth-order valence-electron chi connectivity index (χ4n) is 3.46. The van der Waals surface area contributed by atoms with Crippen molar-refractivity contribution in [3.8, 4) is 5.75 Å². The molecular formula is C28H22ClN3O4. The number of rotatable bonds is 7. The average molecular weight is 500 g/mol. The minimum Gasteiger partial charge on any atom is -0.422 e. The number of carbonyl (C=O) groups is 3. The summed E-state index contributed by atoms with van der Waals surface area (Å²) in [7, 11) is 0. The molecular weight excluding hydrogens is 478 g/mol. The van der Waals surface area contributed by atoms with Crippen LogP contribution < -0.4 is 15.5 Å². The molecule has 0 aliphatic heterocycles. The molecule has 8 heteroatoms. The number of carbonyl (C=O) groups excluding carboxylic acids is 3. The van der Waals surface area contributed by atoms with Gasteiger partial charge in [-0.15, -0.1) is 0 Å². The highest BCUT2D eigenvalue weighted by Gasteiger charge is 2.16. The molecule has 0 saturated carbocycles. The molecule has 180 valence electrons. The molecule has 0 aliphatic rings. The van der Waals surface area contributed by atoms with Crippen LogP contribution in [0, 0.1) is 6.92 Å². The molecule has 7 nitrogen and oxygen atoms in total. The summed E-state index contributed by atoms with van der Waals surface area (Å²) in [5.41, 5.74) is 4.60. The lowest BCUT2D eigenvalue weighted by molar-refractivity contribution is -0.120. The Labute approximate surface area is 212 Å². The first-order valence-electron chi connectivity index (χ1n) is 11.1. The number of amides is 2. The average Bonchev–Trinajstić information content (AvgIpc) is 2.89. The molecule has 36 heavy (non-hydrogen) atoms. The van der Waals surface area contributed by atoms with Crippen LogP contribution in [0.5, 0.6) is 5.75 Å². The minimum atomic E-state index is -0.617. The fraction of sp³-hybridized carbons (Fsp3) is 0.0714. The van der Waals surface area contributed by atoms with Gasteiger partial charge in [0, 0.05) is 11.1 Å². The van der Waals surface area contributed by atoms with Gasteiger partial charge in [-0.25, -0.2) is 10.2 Å². The van der Waals surface area contributed by atoms with Gasteiger partial charge in [-0.2, -0.15) is 5.10 Å². The minimum absolute atomic E-state index is 0.229. The summed E-state index contributed by atoms with van der Waals surface area (Å²) in [5, 5.41) is 8.51. The van der Waals surface area contributed by atoms with E-state index in [1.54, 1.807) is 42.5 Å². The molecule has 4 rings (SSSR count). The third-order valence-electron chi connectivity index (χ3n) is 5.33. The molecule has 0 bridgehead atoms. The summed E-state index contributed by atoms with van der Waals surface area (Å²) in [6.45, 7) is 1.67. The summed E-state index contributed by atoms with van der Waals surface area (Å²) in [6.07, 6.45) is 1.40. The molecule has 0 spiro atoms. The summed E-state index contributed by atoms with van der Waals surface area (Å²) in [5.74, 6) is -1.24. The Morgan fingerprint density at radius 2 is 1.64 bits per heavy atom. The molecule has 4 aromatic rings. The van der Waals surface area contributed by atoms with Gasteiger partial charge in [0.1, 0.15) is 5.75 Å². The number of hydrazone groups is 1. The maximum Gasteiger partial charge on any atom is 0.345 e. The number of hydrogen-bond donors (Lipinski definition) is 2. The summed E-state index contributed by atoms with van der Waals surface area (Å²) < 4.78 is 5.63. The van der Waals surface area contributed by atoms with Crippen LogP contribution in [0.4, 0.5) is 0 Å². The predicted octanol–water partition coefficient (Wildman–Crippen LogP) is 4.90. The zero-order chi connectivity index (χ0) is 25.5. The van der Waals surface area contributed by atoms with Gasteiger partial charge in [0.15, 0.2) is 0 Å². The smallest absolute Gasteiger partial charge is 0.345 e. The predicted molar refractivity (Wildman–Crippen MR) is 140 cm³/mol. The van der Waals surface area contributed by atoms with Crippen molar-refractivity contribution in [1.82, 2.24) is 10.7 Å². The maximum atomic E-state index is 12.7. The number of nitrogens with one attached hydrogen (secondary N) is 2. The molecule has 0 aliphatic carbocycles. The standard InChI is InChI=1S/C28H22ClN3O4/c1-18-10-12-20(13-11-18)27(34)30-17-26(33)32-31-16-23-21-7-3-2-6-19(21)14-15-25(23)36-28(35)22-8-4-5-9-24(22)29/h2-16H,17H2,1H3,(H,30,34)(H,32,33)/b31-16+. The molecule has 0 unspecified atom stereocenters. The second-order valence-electron chi connectivity index (χ2n) is 7.91. The maximum absolute atomic E-state index is 12.7. The largest absolute Gasteiger partial charge is 0.422 e. The number of halogens is 1. The SMILES string of the molecule is Cc1ccc(C(=O)NCC(=O)N/N=C/c2c(OC(=O)c3ccccc3Cl)ccc3ccccc23)cc1. The highest BCUT2D eigenvalue weighted by Crippen LogP contribution is 2.28. The van der Waals surface area contributed by atoms with Gasteiger partial charge in [0.05, 0.1) is 23.3 Å². The van der Waals surface area contributed by atoms with Crippen LogP contribution in [0.15, 0.2) is 90.0 Å². The monoisotopic (exact) mass is 499 g/mol. The molecule has 2 N–H and O–H groups in total. The molecule has 4 aromatic carbocycles. The topological polar surface area (TPSA) is 96.9 Å². The second-order valence-corrected chi connectivity index (χ2v) is 8.32. The first kappa shape index (κ1) is 24.6. The van der Waals surface area contributed by atoms with Gasteiger partial charge < -0.3 is 10.1 Å². The summed E-state index contributed by atoms with van der Waals surface area (Å²) in [6, 6.07) is 24.6. The normalized spacial score (nSPS) is 10.8. The summed E-state index contributed by atoms with van der Waals surface area (Å²) in [4.78, 5) is 37.2. The Kier molecular flexibility index (Phi) is 7.72. The van der Waals surface area contributed by atoms with E-state index < -0.39 is 11.9 Å². The van der Waals surface area contributed by atoms with Gasteiger partial charge in [-0.05, 0) is 48.0 Å². The molecule has 0 aromatic heterocycles. The quantitative estimate of drug-likeness (QED) is 0.163. The fourth-order valence-corrected chi connectivity index (χ4v) is 3.67. The van der Waals surface area contributed by atoms with Crippen LogP contribution in [0.3, 0.4) is 0 Å². The molecule has 0 radical (unpaired) electrons. The van der Waals surface area contributed by atoms with E-state index in [9.17, 15) is 14.4 Å². The number of esters is 1. The van der Waals surface area contributed by atoms with Gasteiger partial charge in [0.25, 0.3) is 11.8 Å². The highest BCUT2D eigenvalue weighted by molar-refractivity contribution is 6.33. The lowest BCUT2D eigenvalue weighted by atomic mass is 10.0. The Balaban J connectivity index is 1.47. The van der Waals surface area contributed by atoms with Gasteiger partial charge in [-0.1, -0.05) is 71.8 Å². The molecule has 0 saturated heterocycles. The lowest BCUT2D eigenvalue weighted by Crippen LogP contribution is -2.34. The molecule has 0 fully saturated rings. The van der Waals surface area contributed by atoms with Crippen LogP contribution in [-0.2, 0) is 4.79 Å². The van der Waals surface area contributed by atoms with Gasteiger partial charge in [0.2, 0.25) is 0 Å². The van der Waals surface area contributed by atoms with Crippen molar-refractivity contribution in [2.75, 3.05) is 6.54 Å². The first-order chi connectivity index (χ1) is 17.4. The number of nitrogens with zero attached hydrogens (tertiary/aromatic N) is 1. The number of aryl methyl sites for hydroxylation is 1. The number of ether oxygens (including phenoxy) is 1. The van der Waals surface area contributed by atoms with E-state index in [2.05, 4.69) is 15.8 Å². The Morgan fingerprint density at radius 1 is 0.917 bits per heavy atom. The zero-order valence-corrected chi connectivity index (χ0v) is 20.1. The van der Waals surface area contributed by atoms with E-state index in [0.29, 0.717) is 11.1 Å². The second kappa shape index (κ2) is 11.3. The van der Waals surface area contributed by atoms with Crippen molar-refractivity contribution in [1.29, 1.82) is 0 Å². The Hall–Kier alpha value is -4.49. The Bertz CT molecular complexity index is 1470. The molecule has 2 amide bonds. The van der Waals surface area contributed by atoms with Gasteiger partial charge in [-0.3, -0.25) is 9.59 Å². The van der Waals surface area contributed by atoms with Crippen LogP contribution in [0.2, 0.25) is 5.02 Å². The van der Waals surface area contributed by atoms with E-state index in [-0.39, 0.29) is 28.8 Å². The van der Waals surface area contributed by atoms with Crippen molar-refractivity contribution >= 4 is 46.4 Å². The number of fused-ring (bicyclic) bond motifs is 1. The van der Waals surface area contributed by atoms with Crippen LogP contribution >= 0.6 is 11.6 Å². The third kappa shape index (κ3) is 5.95. The van der Waals surface area contributed by atoms with Crippen molar-refractivity contribution < 1.29 is 19.1 Å². The van der Waals surface area contributed by atoms with E-state index >= 15 is 0 Å². The number of hydrogen-bond acceptors (Lipinski definition) is 5. The van der Waals surface area contributed by atoms with Crippen molar-refractivity contribution in [2.24, 2.45) is 5.10 Å². The third-order valence-corrected chi connectivity index (χ3v) is 5.66. The van der Waals surface area contributed by atoms with Crippen molar-refractivity contribution in [3.05, 3.63) is 112 Å². The number of benzene rings is 4. The van der Waals surface area contributed by atoms with E-state index in [4.69, 9.17) is 16.3 Å². The lowest BCUT2D eigenvalue weighted by Gasteiger charge is -2.11. The molecule has 0 atom stereocenters. The first-order valence-corrected chi connectivity index (χ1v) is 11.5. The van der Waals surface area contributed by atoms with Crippen molar-refractivity contribution in [3.63, 3.8) is 0 Å². The van der Waals surface area contributed by atoms with Gasteiger partial charge >= 0.3 is 5.97 Å². The van der Waals surface area contributed by atoms with E-state index in [1.807, 2.05) is 49.4 Å². The zero-order valence-electron chi connectivity index (χ0n) is 19.3. The van der Waals surface area contributed by atoms with E-state index in [0.717, 1.165) is 16.3 Å². The molecule has 0 heterocycles.